The third-order valence-electron chi connectivity index (χ3n) is 3.49. The zero-order valence-corrected chi connectivity index (χ0v) is 11.1. The maximum Gasteiger partial charge on any atom is 0.239 e. The normalized spacial score (nSPS) is 24.6. The number of hydrogen-bond acceptors (Lipinski definition) is 3. The van der Waals surface area contributed by atoms with Crippen molar-refractivity contribution in [3.05, 3.63) is 0 Å². The predicted molar refractivity (Wildman–Crippen MR) is 68.8 cm³/mol. The topological polar surface area (TPSA) is 52.6 Å². The van der Waals surface area contributed by atoms with E-state index in [-0.39, 0.29) is 18.6 Å². The number of aliphatic hydroxyl groups is 1. The maximum atomic E-state index is 12.1. The number of unbranched alkanes of at least 4 members (excludes halogenated alkanes) is 2. The SMILES string of the molecule is CC1CCNC(C(=O)N(C)CCCCCO)C1. The third-order valence-corrected chi connectivity index (χ3v) is 3.49. The molecule has 1 aliphatic heterocycles. The number of nitrogens with one attached hydrogen (secondary N) is 1. The molecule has 4 nitrogen and oxygen atoms in total. The average Bonchev–Trinajstić information content (AvgIpc) is 2.33. The molecule has 1 rings (SSSR count). The van der Waals surface area contributed by atoms with E-state index in [0.29, 0.717) is 5.92 Å². The van der Waals surface area contributed by atoms with E-state index in [2.05, 4.69) is 12.2 Å². The Morgan fingerprint density at radius 2 is 2.18 bits per heavy atom. The van der Waals surface area contributed by atoms with Crippen LogP contribution in [-0.4, -0.2) is 48.7 Å². The number of aliphatic hydroxyl groups excluding tert-OH is 1. The van der Waals surface area contributed by atoms with Crippen LogP contribution in [0.4, 0.5) is 0 Å². The third kappa shape index (κ3) is 5.04. The second-order valence-electron chi connectivity index (χ2n) is 5.18. The van der Waals surface area contributed by atoms with Gasteiger partial charge in [-0.25, -0.2) is 0 Å². The monoisotopic (exact) mass is 242 g/mol. The van der Waals surface area contributed by atoms with Crippen molar-refractivity contribution < 1.29 is 9.90 Å². The summed E-state index contributed by atoms with van der Waals surface area (Å²) in [6.45, 7) is 4.21. The summed E-state index contributed by atoms with van der Waals surface area (Å²) in [4.78, 5) is 13.9. The molecule has 0 radical (unpaired) electrons. The summed E-state index contributed by atoms with van der Waals surface area (Å²) < 4.78 is 0. The van der Waals surface area contributed by atoms with Crippen molar-refractivity contribution in [1.82, 2.24) is 10.2 Å². The summed E-state index contributed by atoms with van der Waals surface area (Å²) in [7, 11) is 1.88. The second kappa shape index (κ2) is 7.67. The van der Waals surface area contributed by atoms with E-state index in [1.165, 1.54) is 6.42 Å². The molecule has 0 aromatic rings. The van der Waals surface area contributed by atoms with Crippen LogP contribution < -0.4 is 5.32 Å². The molecule has 1 heterocycles. The summed E-state index contributed by atoms with van der Waals surface area (Å²) in [5.41, 5.74) is 0. The van der Waals surface area contributed by atoms with Crippen LogP contribution in [0.2, 0.25) is 0 Å². The molecule has 1 fully saturated rings. The molecule has 1 saturated heterocycles. The molecule has 2 N–H and O–H groups in total. The van der Waals surface area contributed by atoms with E-state index < -0.39 is 0 Å². The van der Waals surface area contributed by atoms with E-state index in [9.17, 15) is 4.79 Å². The lowest BCUT2D eigenvalue weighted by Crippen LogP contribution is -2.49. The Bertz CT molecular complexity index is 233. The fraction of sp³-hybridized carbons (Fsp3) is 0.923. The van der Waals surface area contributed by atoms with Gasteiger partial charge in [0.1, 0.15) is 0 Å². The smallest absolute Gasteiger partial charge is 0.239 e. The van der Waals surface area contributed by atoms with Gasteiger partial charge in [0, 0.05) is 20.2 Å². The molecule has 2 unspecified atom stereocenters. The predicted octanol–water partition coefficient (Wildman–Crippen LogP) is 0.995. The van der Waals surface area contributed by atoms with Gasteiger partial charge < -0.3 is 15.3 Å². The minimum atomic E-state index is 0.0154. The van der Waals surface area contributed by atoms with E-state index >= 15 is 0 Å². The largest absolute Gasteiger partial charge is 0.396 e. The Morgan fingerprint density at radius 1 is 1.41 bits per heavy atom. The first-order valence-corrected chi connectivity index (χ1v) is 6.74. The molecular weight excluding hydrogens is 216 g/mol. The Balaban J connectivity index is 2.25. The Morgan fingerprint density at radius 3 is 2.82 bits per heavy atom. The van der Waals surface area contributed by atoms with E-state index in [1.54, 1.807) is 0 Å². The minimum absolute atomic E-state index is 0.0154. The van der Waals surface area contributed by atoms with Crippen molar-refractivity contribution in [3.63, 3.8) is 0 Å². The molecule has 2 atom stereocenters. The molecule has 0 aliphatic carbocycles. The summed E-state index contributed by atoms with van der Waals surface area (Å²) in [6, 6.07) is 0.0154. The first-order valence-electron chi connectivity index (χ1n) is 6.74. The van der Waals surface area contributed by atoms with E-state index in [0.717, 1.165) is 38.8 Å². The van der Waals surface area contributed by atoms with Gasteiger partial charge in [-0.1, -0.05) is 6.92 Å². The van der Waals surface area contributed by atoms with Crippen LogP contribution in [0.25, 0.3) is 0 Å². The van der Waals surface area contributed by atoms with Crippen molar-refractivity contribution in [2.24, 2.45) is 5.92 Å². The van der Waals surface area contributed by atoms with Crippen LogP contribution in [0.15, 0.2) is 0 Å². The van der Waals surface area contributed by atoms with Crippen LogP contribution in [-0.2, 0) is 4.79 Å². The highest BCUT2D eigenvalue weighted by Gasteiger charge is 2.26. The van der Waals surface area contributed by atoms with Gasteiger partial charge in [-0.2, -0.15) is 0 Å². The minimum Gasteiger partial charge on any atom is -0.396 e. The zero-order valence-electron chi connectivity index (χ0n) is 11.1. The van der Waals surface area contributed by atoms with Gasteiger partial charge in [-0.15, -0.1) is 0 Å². The zero-order chi connectivity index (χ0) is 12.7. The number of hydrogen-bond donors (Lipinski definition) is 2. The summed E-state index contributed by atoms with van der Waals surface area (Å²) in [5.74, 6) is 0.869. The van der Waals surface area contributed by atoms with Gasteiger partial charge in [0.2, 0.25) is 5.91 Å². The molecule has 17 heavy (non-hydrogen) atoms. The van der Waals surface area contributed by atoms with Gasteiger partial charge in [0.25, 0.3) is 0 Å². The van der Waals surface area contributed by atoms with Gasteiger partial charge in [-0.05, 0) is 44.6 Å². The van der Waals surface area contributed by atoms with Crippen molar-refractivity contribution in [3.8, 4) is 0 Å². The summed E-state index contributed by atoms with van der Waals surface area (Å²) >= 11 is 0. The number of likely N-dealkylation sites (N-methyl/N-ethyl adjacent to an activating group) is 1. The van der Waals surface area contributed by atoms with Crippen molar-refractivity contribution in [2.45, 2.75) is 45.1 Å². The summed E-state index contributed by atoms with van der Waals surface area (Å²) in [5, 5.41) is 12.0. The molecule has 1 amide bonds. The lowest BCUT2D eigenvalue weighted by atomic mass is 9.93. The molecule has 0 bridgehead atoms. The van der Waals surface area contributed by atoms with E-state index in [1.807, 2.05) is 11.9 Å². The van der Waals surface area contributed by atoms with Gasteiger partial charge in [0.15, 0.2) is 0 Å². The number of piperidine rings is 1. The van der Waals surface area contributed by atoms with Crippen molar-refractivity contribution in [2.75, 3.05) is 26.7 Å². The van der Waals surface area contributed by atoms with E-state index in [4.69, 9.17) is 5.11 Å². The van der Waals surface area contributed by atoms with Gasteiger partial charge >= 0.3 is 0 Å². The highest BCUT2D eigenvalue weighted by Crippen LogP contribution is 2.16. The quantitative estimate of drug-likeness (QED) is 0.683. The Labute approximate surface area is 104 Å². The molecule has 4 heteroatoms. The van der Waals surface area contributed by atoms with Crippen molar-refractivity contribution >= 4 is 5.91 Å². The van der Waals surface area contributed by atoms with Crippen LogP contribution >= 0.6 is 0 Å². The number of nitrogens with zero attached hydrogens (tertiary/aromatic N) is 1. The number of carbonyl (C=O) groups excluding carboxylic acids is 1. The average molecular weight is 242 g/mol. The van der Waals surface area contributed by atoms with Crippen molar-refractivity contribution in [1.29, 1.82) is 0 Å². The molecule has 0 spiro atoms. The number of carbonyl (C=O) groups is 1. The molecule has 1 aliphatic rings. The number of rotatable bonds is 6. The Hall–Kier alpha value is -0.610. The Kier molecular flexibility index (Phi) is 6.52. The fourth-order valence-corrected chi connectivity index (χ4v) is 2.31. The first kappa shape index (κ1) is 14.5. The highest BCUT2D eigenvalue weighted by molar-refractivity contribution is 5.81. The van der Waals surface area contributed by atoms with Gasteiger partial charge in [-0.3, -0.25) is 4.79 Å². The van der Waals surface area contributed by atoms with Gasteiger partial charge in [0.05, 0.1) is 6.04 Å². The van der Waals surface area contributed by atoms with Crippen LogP contribution in [0.1, 0.15) is 39.0 Å². The maximum absolute atomic E-state index is 12.1. The lowest BCUT2D eigenvalue weighted by molar-refractivity contribution is -0.133. The number of amides is 1. The first-order chi connectivity index (χ1) is 8.15. The van der Waals surface area contributed by atoms with Crippen LogP contribution in [0, 0.1) is 5.92 Å². The fourth-order valence-electron chi connectivity index (χ4n) is 2.31. The molecule has 0 saturated carbocycles. The molecule has 0 aromatic heterocycles. The van der Waals surface area contributed by atoms with Crippen LogP contribution in [0.5, 0.6) is 0 Å². The summed E-state index contributed by atoms with van der Waals surface area (Å²) in [6.07, 6.45) is 4.93. The lowest BCUT2D eigenvalue weighted by Gasteiger charge is -2.30. The highest BCUT2D eigenvalue weighted by atomic mass is 16.2. The second-order valence-corrected chi connectivity index (χ2v) is 5.18. The molecule has 0 aromatic carbocycles. The molecular formula is C13H26N2O2. The standard InChI is InChI=1S/C13H26N2O2/c1-11-6-7-14-12(10-11)13(17)15(2)8-4-3-5-9-16/h11-12,14,16H,3-10H2,1-2H3. The van der Waals surface area contributed by atoms with Crippen LogP contribution in [0.3, 0.4) is 0 Å². The molecule has 100 valence electrons.